The minimum atomic E-state index is -0.846. The van der Waals surface area contributed by atoms with Crippen LogP contribution in [0.25, 0.3) is 44.3 Å². The zero-order valence-corrected chi connectivity index (χ0v) is 36.1. The van der Waals surface area contributed by atoms with Crippen LogP contribution >= 0.6 is 0 Å². The topological polar surface area (TPSA) is 166 Å². The number of imidazole rings is 2. The molecule has 14 nitrogen and oxygen atoms in total. The Kier molecular flexibility index (Phi) is 10.6. The maximum Gasteiger partial charge on any atom is 0.407 e. The van der Waals surface area contributed by atoms with Crippen LogP contribution in [-0.4, -0.2) is 98.9 Å². The van der Waals surface area contributed by atoms with E-state index in [1.807, 2.05) is 32.6 Å². The molecule has 3 aromatic carbocycles. The summed E-state index contributed by atoms with van der Waals surface area (Å²) in [4.78, 5) is 75.6. The van der Waals surface area contributed by atoms with E-state index in [1.54, 1.807) is 4.90 Å². The van der Waals surface area contributed by atoms with Crippen LogP contribution in [0, 0.1) is 17.8 Å². The predicted octanol–water partition coefficient (Wildman–Crippen LogP) is 7.75. The number of fused-ring (bicyclic) bond motifs is 7. The fourth-order valence-corrected chi connectivity index (χ4v) is 10.7. The summed E-state index contributed by atoms with van der Waals surface area (Å²) in [6.07, 6.45) is 4.82. The minimum Gasteiger partial charge on any atom is -0.468 e. The Morgan fingerprint density at radius 3 is 1.64 bits per heavy atom. The highest BCUT2D eigenvalue weighted by Crippen LogP contribution is 2.57. The molecule has 14 heteroatoms. The number of benzene rings is 3. The van der Waals surface area contributed by atoms with Crippen molar-refractivity contribution in [3.05, 3.63) is 71.3 Å². The summed E-state index contributed by atoms with van der Waals surface area (Å²) < 4.78 is 9.83. The van der Waals surface area contributed by atoms with E-state index in [0.717, 1.165) is 83.4 Å². The summed E-state index contributed by atoms with van der Waals surface area (Å²) in [7, 11) is 4.87. The van der Waals surface area contributed by atoms with Crippen LogP contribution in [-0.2, 0) is 23.9 Å². The second kappa shape index (κ2) is 15.9. The third kappa shape index (κ3) is 6.92. The van der Waals surface area contributed by atoms with E-state index in [0.29, 0.717) is 25.2 Å². The molecule has 61 heavy (non-hydrogen) atoms. The number of esters is 1. The smallest absolute Gasteiger partial charge is 0.407 e. The van der Waals surface area contributed by atoms with Crippen molar-refractivity contribution in [3.8, 4) is 22.3 Å². The van der Waals surface area contributed by atoms with E-state index in [4.69, 9.17) is 19.4 Å². The average molecular weight is 829 g/mol. The molecular weight excluding hydrogens is 773 g/mol. The van der Waals surface area contributed by atoms with Crippen molar-refractivity contribution < 1.29 is 28.7 Å². The Morgan fingerprint density at radius 1 is 0.672 bits per heavy atom. The van der Waals surface area contributed by atoms with Crippen molar-refractivity contribution in [1.29, 1.82) is 0 Å². The lowest BCUT2D eigenvalue weighted by Crippen LogP contribution is -2.51. The van der Waals surface area contributed by atoms with Gasteiger partial charge in [-0.1, -0.05) is 52.0 Å². The number of aromatic nitrogens is 4. The van der Waals surface area contributed by atoms with E-state index in [9.17, 15) is 19.2 Å². The van der Waals surface area contributed by atoms with Gasteiger partial charge in [-0.2, -0.15) is 0 Å². The zero-order chi connectivity index (χ0) is 42.9. The van der Waals surface area contributed by atoms with E-state index < -0.39 is 24.0 Å². The Hall–Kier alpha value is -5.76. The number of rotatable bonds is 10. The Balaban J connectivity index is 1.02. The largest absolute Gasteiger partial charge is 0.468 e. The summed E-state index contributed by atoms with van der Waals surface area (Å²) >= 11 is 0. The number of aromatic amines is 2. The molecule has 3 unspecified atom stereocenters. The van der Waals surface area contributed by atoms with Gasteiger partial charge >= 0.3 is 12.1 Å². The standard InChI is InChI=1S/C47H56N8O6/c1-24(2)38(46(58)60-6)44(56)54-20-8-10-36(54)42-48-30-16-12-26(22-32(30)50-42)28-14-15-29(40-35-19-18-34(39(28)40)53(35)5)27-13-17-31-33(23-27)51-43(49-31)37-11-9-21-55(37)45(57)41(25(3)4)52-47(59)61-7/h12-17,22-25,34-38,41H,8-11,18-21H2,1-7H3,(H,48,50)(H,49,51)(H,52,59)/t34?,35?,36-,37+,38+,41?/m0/s1. The molecule has 3 amide bonds. The van der Waals surface area contributed by atoms with Gasteiger partial charge in [0.05, 0.1) is 48.4 Å². The van der Waals surface area contributed by atoms with Crippen LogP contribution < -0.4 is 5.32 Å². The number of hydrogen-bond acceptors (Lipinski definition) is 9. The number of hydrogen-bond donors (Lipinski definition) is 3. The monoisotopic (exact) mass is 828 g/mol. The van der Waals surface area contributed by atoms with E-state index in [-0.39, 0.29) is 35.7 Å². The second-order valence-electron chi connectivity index (χ2n) is 18.0. The lowest BCUT2D eigenvalue weighted by Gasteiger charge is -2.29. The first-order chi connectivity index (χ1) is 29.4. The van der Waals surface area contributed by atoms with Crippen LogP contribution in [0.5, 0.6) is 0 Å². The Bertz CT molecular complexity index is 2540. The number of nitrogens with one attached hydrogen (secondary N) is 3. The van der Waals surface area contributed by atoms with Gasteiger partial charge < -0.3 is 34.6 Å². The first-order valence-corrected chi connectivity index (χ1v) is 21.8. The summed E-state index contributed by atoms with van der Waals surface area (Å²) in [6.45, 7) is 8.76. The van der Waals surface area contributed by atoms with Gasteiger partial charge in [0.2, 0.25) is 11.8 Å². The number of nitrogens with zero attached hydrogens (tertiary/aromatic N) is 5. The maximum absolute atomic E-state index is 13.8. The van der Waals surface area contributed by atoms with Crippen LogP contribution in [0.3, 0.4) is 0 Å². The third-order valence-electron chi connectivity index (χ3n) is 13.8. The van der Waals surface area contributed by atoms with Gasteiger partial charge in [-0.3, -0.25) is 19.3 Å². The molecule has 320 valence electrons. The van der Waals surface area contributed by atoms with E-state index in [1.165, 1.54) is 36.5 Å². The second-order valence-corrected chi connectivity index (χ2v) is 18.0. The van der Waals surface area contributed by atoms with Gasteiger partial charge in [-0.15, -0.1) is 0 Å². The minimum absolute atomic E-state index is 0.111. The fourth-order valence-electron chi connectivity index (χ4n) is 10.7. The molecule has 6 atom stereocenters. The van der Waals surface area contributed by atoms with Crippen molar-refractivity contribution >= 4 is 45.9 Å². The lowest BCUT2D eigenvalue weighted by molar-refractivity contribution is -0.156. The summed E-state index contributed by atoms with van der Waals surface area (Å²) in [5.41, 5.74) is 10.9. The van der Waals surface area contributed by atoms with Gasteiger partial charge in [-0.05, 0) is 115 Å². The van der Waals surface area contributed by atoms with Gasteiger partial charge in [0, 0.05) is 25.2 Å². The van der Waals surface area contributed by atoms with Crippen LogP contribution in [0.1, 0.15) is 113 Å². The molecule has 9 rings (SSSR count). The zero-order valence-electron chi connectivity index (χ0n) is 36.1. The number of ether oxygens (including phenoxy) is 2. The number of likely N-dealkylation sites (tertiary alicyclic amines) is 2. The van der Waals surface area contributed by atoms with Crippen LogP contribution in [0.2, 0.25) is 0 Å². The number of methoxy groups -OCH3 is 2. The molecule has 3 N–H and O–H groups in total. The van der Waals surface area contributed by atoms with Crippen molar-refractivity contribution in [3.63, 3.8) is 0 Å². The summed E-state index contributed by atoms with van der Waals surface area (Å²) in [6, 6.07) is 16.8. The molecule has 3 fully saturated rings. The predicted molar refractivity (Wildman–Crippen MR) is 231 cm³/mol. The van der Waals surface area contributed by atoms with Crippen LogP contribution in [0.4, 0.5) is 4.79 Å². The van der Waals surface area contributed by atoms with Gasteiger partial charge in [0.15, 0.2) is 0 Å². The van der Waals surface area contributed by atoms with Crippen LogP contribution in [0.15, 0.2) is 48.5 Å². The molecule has 0 aliphatic carbocycles. The van der Waals surface area contributed by atoms with Gasteiger partial charge in [-0.25, -0.2) is 14.8 Å². The van der Waals surface area contributed by atoms with Crippen molar-refractivity contribution in [1.82, 2.24) is 40.0 Å². The molecule has 4 aliphatic rings. The quantitative estimate of drug-likeness (QED) is 0.0943. The molecule has 0 spiro atoms. The number of carbonyl (C=O) groups excluding carboxylic acids is 4. The van der Waals surface area contributed by atoms with E-state index >= 15 is 0 Å². The fraction of sp³-hybridized carbons (Fsp3) is 0.489. The van der Waals surface area contributed by atoms with Crippen molar-refractivity contribution in [2.24, 2.45) is 17.8 Å². The molecule has 4 aliphatic heterocycles. The van der Waals surface area contributed by atoms with Crippen molar-refractivity contribution in [2.75, 3.05) is 34.4 Å². The Morgan fingerprint density at radius 2 is 1.18 bits per heavy atom. The summed E-state index contributed by atoms with van der Waals surface area (Å²) in [5, 5.41) is 2.74. The lowest BCUT2D eigenvalue weighted by atomic mass is 9.81. The normalized spacial score (nSPS) is 22.1. The highest BCUT2D eigenvalue weighted by molar-refractivity contribution is 5.98. The molecule has 5 aromatic rings. The molecular formula is C47H56N8O6. The first-order valence-electron chi connectivity index (χ1n) is 21.8. The highest BCUT2D eigenvalue weighted by Gasteiger charge is 2.45. The average Bonchev–Trinajstić information content (AvgIpc) is 4.12. The number of alkyl carbamates (subject to hydrolysis) is 1. The summed E-state index contributed by atoms with van der Waals surface area (Å²) in [5.74, 6) is -0.476. The SMILES string of the molecule is COC(=O)NC(C(=O)N1CCC[C@@H]1c1nc2ccc(-c3ccc(-c4ccc5nc([C@@H]6CCCN6C(=O)[C@H](C(=O)OC)C(C)C)[nH]c5c4)c4c3C3CCC4N3C)cc2[nH]1)C(C)C. The molecule has 3 saturated heterocycles. The number of carbonyl (C=O) groups is 4. The third-order valence-corrected chi connectivity index (χ3v) is 13.8. The van der Waals surface area contributed by atoms with Crippen molar-refractivity contribution in [2.45, 2.75) is 96.4 Å². The molecule has 0 saturated carbocycles. The van der Waals surface area contributed by atoms with Gasteiger partial charge in [0.25, 0.3) is 0 Å². The molecule has 6 heterocycles. The Labute approximate surface area is 355 Å². The highest BCUT2D eigenvalue weighted by atomic mass is 16.5. The number of H-pyrrole nitrogens is 2. The van der Waals surface area contributed by atoms with Gasteiger partial charge in [0.1, 0.15) is 23.6 Å². The maximum atomic E-state index is 13.8. The first kappa shape index (κ1) is 40.6. The number of amides is 3. The van der Waals surface area contributed by atoms with E-state index in [2.05, 4.69) is 75.8 Å². The molecule has 0 radical (unpaired) electrons. The molecule has 2 aromatic heterocycles. The molecule has 2 bridgehead atoms.